The molecule has 160 valence electrons. The number of nitrogens with zero attached hydrogens (tertiary/aromatic N) is 3. The Hall–Kier alpha value is -4.35. The first-order chi connectivity index (χ1) is 16.1. The van der Waals surface area contributed by atoms with Gasteiger partial charge in [0.25, 0.3) is 0 Å². The van der Waals surface area contributed by atoms with E-state index >= 15 is 0 Å². The molecule has 2 aliphatic rings. The van der Waals surface area contributed by atoms with E-state index in [1.165, 1.54) is 0 Å². The van der Waals surface area contributed by atoms with Crippen LogP contribution < -0.4 is 4.74 Å². The van der Waals surface area contributed by atoms with E-state index in [-0.39, 0.29) is 5.78 Å². The second-order valence-electron chi connectivity index (χ2n) is 8.31. The summed E-state index contributed by atoms with van der Waals surface area (Å²) >= 11 is 0. The van der Waals surface area contributed by atoms with Crippen LogP contribution in [-0.4, -0.2) is 23.8 Å². The molecule has 1 saturated heterocycles. The second-order valence-corrected chi connectivity index (χ2v) is 8.31. The third-order valence-electron chi connectivity index (χ3n) is 6.75. The molecule has 2 heterocycles. The SMILES string of the molecule is COc1ccc(C2C(C(=O)c3ccccc3)N3C=Cc4ccccc4C3C2(C#N)C#N)cc1. The summed E-state index contributed by atoms with van der Waals surface area (Å²) in [5.41, 5.74) is 1.68. The Bertz CT molecular complexity index is 1300. The Balaban J connectivity index is 1.76. The van der Waals surface area contributed by atoms with Crippen molar-refractivity contribution in [1.82, 2.24) is 4.90 Å². The number of rotatable bonds is 4. The molecule has 5 nitrogen and oxygen atoms in total. The molecule has 3 aromatic carbocycles. The number of fused-ring (bicyclic) bond motifs is 3. The number of carbonyl (C=O) groups is 1. The van der Waals surface area contributed by atoms with E-state index in [1.54, 1.807) is 31.4 Å². The van der Waals surface area contributed by atoms with E-state index < -0.39 is 23.4 Å². The Kier molecular flexibility index (Phi) is 4.96. The number of ketones is 1. The summed E-state index contributed by atoms with van der Waals surface area (Å²) in [6.07, 6.45) is 3.82. The predicted octanol–water partition coefficient (Wildman–Crippen LogP) is 5.11. The monoisotopic (exact) mass is 431 g/mol. The average molecular weight is 431 g/mol. The van der Waals surface area contributed by atoms with Gasteiger partial charge in [-0.25, -0.2) is 0 Å². The van der Waals surface area contributed by atoms with Crippen LogP contribution in [0.3, 0.4) is 0 Å². The average Bonchev–Trinajstić information content (AvgIpc) is 3.20. The van der Waals surface area contributed by atoms with Crippen LogP contribution in [0, 0.1) is 28.1 Å². The van der Waals surface area contributed by atoms with Gasteiger partial charge in [0.1, 0.15) is 11.8 Å². The minimum atomic E-state index is -1.47. The standard InChI is InChI=1S/C28H21N3O2/c1-33-22-13-11-20(12-14-22)24-25(26(32)21-8-3-2-4-9-21)31-16-15-19-7-5-6-10-23(19)27(31)28(24,17-29)18-30/h2-16,24-25,27H,1H3. The van der Waals surface area contributed by atoms with Crippen LogP contribution in [0.5, 0.6) is 5.75 Å². The Morgan fingerprint density at radius 3 is 2.27 bits per heavy atom. The minimum absolute atomic E-state index is 0.113. The number of Topliss-reactive ketones (excluding diaryl/α,β-unsaturated/α-hetero) is 1. The zero-order valence-corrected chi connectivity index (χ0v) is 18.1. The zero-order chi connectivity index (χ0) is 23.0. The number of hydrogen-bond donors (Lipinski definition) is 0. The molecule has 0 aromatic heterocycles. The van der Waals surface area contributed by atoms with Gasteiger partial charge in [0.2, 0.25) is 0 Å². The third kappa shape index (κ3) is 3.02. The predicted molar refractivity (Wildman–Crippen MR) is 124 cm³/mol. The summed E-state index contributed by atoms with van der Waals surface area (Å²) in [4.78, 5) is 15.8. The molecule has 1 fully saturated rings. The molecule has 5 heteroatoms. The smallest absolute Gasteiger partial charge is 0.185 e. The summed E-state index contributed by atoms with van der Waals surface area (Å²) in [5.74, 6) is -0.102. The van der Waals surface area contributed by atoms with E-state index in [0.29, 0.717) is 11.3 Å². The van der Waals surface area contributed by atoms with E-state index in [9.17, 15) is 15.3 Å². The molecular formula is C28H21N3O2. The van der Waals surface area contributed by atoms with Crippen molar-refractivity contribution in [2.24, 2.45) is 5.41 Å². The second kappa shape index (κ2) is 7.97. The lowest BCUT2D eigenvalue weighted by Gasteiger charge is -2.34. The molecule has 0 radical (unpaired) electrons. The van der Waals surface area contributed by atoms with Crippen molar-refractivity contribution < 1.29 is 9.53 Å². The molecule has 3 aromatic rings. The molecule has 3 unspecified atom stereocenters. The van der Waals surface area contributed by atoms with E-state index in [1.807, 2.05) is 71.8 Å². The van der Waals surface area contributed by atoms with Crippen molar-refractivity contribution in [3.8, 4) is 17.9 Å². The number of nitriles is 2. The molecule has 0 bridgehead atoms. The molecular weight excluding hydrogens is 410 g/mol. The summed E-state index contributed by atoms with van der Waals surface area (Å²) in [7, 11) is 1.59. The van der Waals surface area contributed by atoms with Crippen molar-refractivity contribution in [1.29, 1.82) is 10.5 Å². The fourth-order valence-electron chi connectivity index (χ4n) is 5.25. The largest absolute Gasteiger partial charge is 0.497 e. The molecule has 0 aliphatic carbocycles. The van der Waals surface area contributed by atoms with Crippen LogP contribution in [0.1, 0.15) is 39.0 Å². The van der Waals surface area contributed by atoms with Crippen LogP contribution in [0.4, 0.5) is 0 Å². The number of hydrogen-bond acceptors (Lipinski definition) is 5. The molecule has 0 saturated carbocycles. The quantitative estimate of drug-likeness (QED) is 0.537. The van der Waals surface area contributed by atoms with E-state index in [2.05, 4.69) is 12.1 Å². The Morgan fingerprint density at radius 1 is 0.939 bits per heavy atom. The fraction of sp³-hybridized carbons (Fsp3) is 0.179. The Labute approximate surface area is 192 Å². The van der Waals surface area contributed by atoms with Crippen molar-refractivity contribution in [2.75, 3.05) is 7.11 Å². The number of methoxy groups -OCH3 is 1. The molecule has 0 spiro atoms. The lowest BCUT2D eigenvalue weighted by molar-refractivity contribution is 0.0874. The Morgan fingerprint density at radius 2 is 1.61 bits per heavy atom. The van der Waals surface area contributed by atoms with Crippen LogP contribution >= 0.6 is 0 Å². The lowest BCUT2D eigenvalue weighted by Crippen LogP contribution is -2.37. The highest BCUT2D eigenvalue weighted by Crippen LogP contribution is 2.60. The first-order valence-corrected chi connectivity index (χ1v) is 10.7. The van der Waals surface area contributed by atoms with Gasteiger partial charge in [-0.15, -0.1) is 0 Å². The van der Waals surface area contributed by atoms with Gasteiger partial charge >= 0.3 is 0 Å². The maximum absolute atomic E-state index is 13.9. The van der Waals surface area contributed by atoms with Gasteiger partial charge in [-0.2, -0.15) is 10.5 Å². The summed E-state index contributed by atoms with van der Waals surface area (Å²) < 4.78 is 5.30. The topological polar surface area (TPSA) is 77.1 Å². The third-order valence-corrected chi connectivity index (χ3v) is 6.75. The molecule has 0 N–H and O–H groups in total. The highest BCUT2D eigenvalue weighted by atomic mass is 16.5. The van der Waals surface area contributed by atoms with Gasteiger partial charge < -0.3 is 9.64 Å². The highest BCUT2D eigenvalue weighted by molar-refractivity contribution is 6.01. The van der Waals surface area contributed by atoms with Crippen LogP contribution in [0.2, 0.25) is 0 Å². The molecule has 33 heavy (non-hydrogen) atoms. The van der Waals surface area contributed by atoms with Gasteiger partial charge in [0.05, 0.1) is 25.3 Å². The van der Waals surface area contributed by atoms with Crippen molar-refractivity contribution in [2.45, 2.75) is 18.0 Å². The van der Waals surface area contributed by atoms with Crippen molar-refractivity contribution in [3.05, 3.63) is 107 Å². The van der Waals surface area contributed by atoms with Gasteiger partial charge in [0.15, 0.2) is 11.2 Å². The van der Waals surface area contributed by atoms with E-state index in [0.717, 1.165) is 16.7 Å². The molecule has 2 aliphatic heterocycles. The maximum Gasteiger partial charge on any atom is 0.185 e. The van der Waals surface area contributed by atoms with Gasteiger partial charge in [-0.3, -0.25) is 4.79 Å². The first-order valence-electron chi connectivity index (χ1n) is 10.7. The molecule has 5 rings (SSSR count). The zero-order valence-electron chi connectivity index (χ0n) is 18.1. The number of carbonyl (C=O) groups excluding carboxylic acids is 1. The fourth-order valence-corrected chi connectivity index (χ4v) is 5.25. The number of benzene rings is 3. The van der Waals surface area contributed by atoms with Crippen LogP contribution in [0.15, 0.2) is 85.1 Å². The lowest BCUT2D eigenvalue weighted by atomic mass is 9.67. The summed E-state index contributed by atoms with van der Waals surface area (Å²) in [6.45, 7) is 0. The highest BCUT2D eigenvalue weighted by Gasteiger charge is 2.63. The van der Waals surface area contributed by atoms with Gasteiger partial charge in [-0.05, 0) is 34.9 Å². The van der Waals surface area contributed by atoms with Crippen LogP contribution in [-0.2, 0) is 0 Å². The first kappa shape index (κ1) is 20.5. The van der Waals surface area contributed by atoms with Crippen molar-refractivity contribution in [3.63, 3.8) is 0 Å². The van der Waals surface area contributed by atoms with Gasteiger partial charge in [0, 0.05) is 17.7 Å². The summed E-state index contributed by atoms with van der Waals surface area (Å²) in [5, 5.41) is 21.0. The minimum Gasteiger partial charge on any atom is -0.497 e. The molecule has 0 amide bonds. The number of ether oxygens (including phenoxy) is 1. The summed E-state index contributed by atoms with van der Waals surface area (Å²) in [6, 6.07) is 27.6. The van der Waals surface area contributed by atoms with Gasteiger partial charge in [-0.1, -0.05) is 66.7 Å². The van der Waals surface area contributed by atoms with E-state index in [4.69, 9.17) is 4.74 Å². The maximum atomic E-state index is 13.9. The molecule has 3 atom stereocenters. The van der Waals surface area contributed by atoms with Crippen LogP contribution in [0.25, 0.3) is 6.08 Å². The normalized spacial score (nSPS) is 21.9. The van der Waals surface area contributed by atoms with Crippen molar-refractivity contribution >= 4 is 11.9 Å².